The number of carbonyl (C=O) groups excluding carboxylic acids is 1. The molecule has 152 valence electrons. The topological polar surface area (TPSA) is 50.8 Å². The molecule has 28 heavy (non-hydrogen) atoms. The Balaban J connectivity index is 1.63. The summed E-state index contributed by atoms with van der Waals surface area (Å²) < 4.78 is 10.8. The number of amides is 1. The summed E-state index contributed by atoms with van der Waals surface area (Å²) in [5, 5.41) is 2.97. The molecule has 0 aromatic heterocycles. The van der Waals surface area contributed by atoms with Gasteiger partial charge in [0.1, 0.15) is 11.5 Å². The molecular formula is C23H32N2O3. The van der Waals surface area contributed by atoms with Crippen molar-refractivity contribution in [3.05, 3.63) is 59.7 Å². The van der Waals surface area contributed by atoms with Crippen LogP contribution in [0.25, 0.3) is 0 Å². The van der Waals surface area contributed by atoms with Crippen molar-refractivity contribution in [3.8, 4) is 11.5 Å². The zero-order valence-corrected chi connectivity index (χ0v) is 17.2. The van der Waals surface area contributed by atoms with Gasteiger partial charge in [0.05, 0.1) is 13.7 Å². The Bertz CT molecular complexity index is 695. The Hall–Kier alpha value is -2.53. The first-order chi connectivity index (χ1) is 13.6. The van der Waals surface area contributed by atoms with Gasteiger partial charge in [0.25, 0.3) is 0 Å². The molecule has 0 saturated heterocycles. The van der Waals surface area contributed by atoms with E-state index in [1.165, 1.54) is 5.56 Å². The average Bonchev–Trinajstić information content (AvgIpc) is 2.74. The summed E-state index contributed by atoms with van der Waals surface area (Å²) >= 11 is 0. The van der Waals surface area contributed by atoms with Gasteiger partial charge in [-0.1, -0.05) is 38.1 Å². The summed E-state index contributed by atoms with van der Waals surface area (Å²) in [5.74, 6) is 1.63. The SMILES string of the molecule is CCN(CC)Cc1ccc(CNC(=O)CCCOc2ccc(OC)cc2)cc1. The Morgan fingerprint density at radius 2 is 1.54 bits per heavy atom. The minimum Gasteiger partial charge on any atom is -0.497 e. The number of carbonyl (C=O) groups is 1. The van der Waals surface area contributed by atoms with E-state index in [9.17, 15) is 4.79 Å². The van der Waals surface area contributed by atoms with Gasteiger partial charge in [0.2, 0.25) is 5.91 Å². The molecule has 0 aliphatic rings. The van der Waals surface area contributed by atoms with E-state index in [-0.39, 0.29) is 5.91 Å². The molecule has 0 saturated carbocycles. The smallest absolute Gasteiger partial charge is 0.220 e. The fourth-order valence-corrected chi connectivity index (χ4v) is 2.85. The molecular weight excluding hydrogens is 352 g/mol. The number of hydrogen-bond acceptors (Lipinski definition) is 4. The first-order valence-corrected chi connectivity index (χ1v) is 9.98. The second kappa shape index (κ2) is 12.0. The molecule has 1 amide bonds. The van der Waals surface area contributed by atoms with Crippen molar-refractivity contribution < 1.29 is 14.3 Å². The van der Waals surface area contributed by atoms with Crippen molar-refractivity contribution >= 4 is 5.91 Å². The van der Waals surface area contributed by atoms with Crippen LogP contribution >= 0.6 is 0 Å². The zero-order valence-electron chi connectivity index (χ0n) is 17.2. The molecule has 0 aliphatic carbocycles. The Morgan fingerprint density at radius 3 is 2.14 bits per heavy atom. The van der Waals surface area contributed by atoms with Crippen LogP contribution in [0.4, 0.5) is 0 Å². The summed E-state index contributed by atoms with van der Waals surface area (Å²) in [5.41, 5.74) is 2.42. The molecule has 0 fully saturated rings. The number of ether oxygens (including phenoxy) is 2. The number of rotatable bonds is 12. The van der Waals surface area contributed by atoms with Crippen molar-refractivity contribution in [2.75, 3.05) is 26.8 Å². The number of nitrogens with zero attached hydrogens (tertiary/aromatic N) is 1. The van der Waals surface area contributed by atoms with Crippen LogP contribution in [0.3, 0.4) is 0 Å². The highest BCUT2D eigenvalue weighted by molar-refractivity contribution is 5.75. The minimum absolute atomic E-state index is 0.0468. The van der Waals surface area contributed by atoms with E-state index in [1.54, 1.807) is 7.11 Å². The lowest BCUT2D eigenvalue weighted by atomic mass is 10.1. The van der Waals surface area contributed by atoms with Crippen LogP contribution < -0.4 is 14.8 Å². The van der Waals surface area contributed by atoms with Gasteiger partial charge >= 0.3 is 0 Å². The van der Waals surface area contributed by atoms with Gasteiger partial charge < -0.3 is 14.8 Å². The maximum absolute atomic E-state index is 12.0. The molecule has 2 aromatic rings. The van der Waals surface area contributed by atoms with Gasteiger partial charge in [0, 0.05) is 19.5 Å². The van der Waals surface area contributed by atoms with Crippen LogP contribution in [0, 0.1) is 0 Å². The summed E-state index contributed by atoms with van der Waals surface area (Å²) in [6.45, 7) is 8.50. The van der Waals surface area contributed by atoms with Crippen LogP contribution in [0.2, 0.25) is 0 Å². The fraction of sp³-hybridized carbons (Fsp3) is 0.435. The monoisotopic (exact) mass is 384 g/mol. The predicted octanol–water partition coefficient (Wildman–Crippen LogP) is 4.01. The number of hydrogen-bond donors (Lipinski definition) is 1. The van der Waals surface area contributed by atoms with E-state index in [0.717, 1.165) is 36.7 Å². The Kier molecular flexibility index (Phi) is 9.35. The molecule has 0 radical (unpaired) electrons. The van der Waals surface area contributed by atoms with Gasteiger partial charge in [0.15, 0.2) is 0 Å². The predicted molar refractivity (Wildman–Crippen MR) is 113 cm³/mol. The molecule has 0 bridgehead atoms. The second-order valence-electron chi connectivity index (χ2n) is 6.68. The molecule has 0 unspecified atom stereocenters. The summed E-state index contributed by atoms with van der Waals surface area (Å²) in [4.78, 5) is 14.4. The van der Waals surface area contributed by atoms with E-state index in [0.29, 0.717) is 26.0 Å². The standard InChI is InChI=1S/C23H32N2O3/c1-4-25(5-2)18-20-10-8-19(9-11-20)17-24-23(26)7-6-16-28-22-14-12-21(27-3)13-15-22/h8-15H,4-7,16-18H2,1-3H3,(H,24,26). The van der Waals surface area contributed by atoms with Gasteiger partial charge in [-0.25, -0.2) is 0 Å². The van der Waals surface area contributed by atoms with Crippen molar-refractivity contribution in [1.29, 1.82) is 0 Å². The number of nitrogens with one attached hydrogen (secondary N) is 1. The van der Waals surface area contributed by atoms with Crippen LogP contribution in [-0.2, 0) is 17.9 Å². The van der Waals surface area contributed by atoms with Gasteiger partial charge in [-0.15, -0.1) is 0 Å². The summed E-state index contributed by atoms with van der Waals surface area (Å²) in [7, 11) is 1.63. The van der Waals surface area contributed by atoms with E-state index >= 15 is 0 Å². The average molecular weight is 385 g/mol. The van der Waals surface area contributed by atoms with Gasteiger partial charge in [-0.05, 0) is 54.9 Å². The van der Waals surface area contributed by atoms with Crippen LogP contribution in [-0.4, -0.2) is 37.6 Å². The van der Waals surface area contributed by atoms with Crippen molar-refractivity contribution in [3.63, 3.8) is 0 Å². The molecule has 0 aliphatic heterocycles. The lowest BCUT2D eigenvalue weighted by molar-refractivity contribution is -0.121. The highest BCUT2D eigenvalue weighted by Gasteiger charge is 2.04. The molecule has 5 heteroatoms. The summed E-state index contributed by atoms with van der Waals surface area (Å²) in [6.07, 6.45) is 1.14. The largest absolute Gasteiger partial charge is 0.497 e. The normalized spacial score (nSPS) is 10.7. The van der Waals surface area contributed by atoms with E-state index in [4.69, 9.17) is 9.47 Å². The molecule has 0 spiro atoms. The second-order valence-corrected chi connectivity index (χ2v) is 6.68. The van der Waals surface area contributed by atoms with E-state index < -0.39 is 0 Å². The third-order valence-corrected chi connectivity index (χ3v) is 4.69. The first-order valence-electron chi connectivity index (χ1n) is 9.98. The third kappa shape index (κ3) is 7.61. The Labute approximate surface area is 168 Å². The molecule has 2 aromatic carbocycles. The van der Waals surface area contributed by atoms with Crippen molar-refractivity contribution in [1.82, 2.24) is 10.2 Å². The van der Waals surface area contributed by atoms with Crippen LogP contribution in [0.5, 0.6) is 11.5 Å². The maximum atomic E-state index is 12.0. The molecule has 2 rings (SSSR count). The van der Waals surface area contributed by atoms with Crippen LogP contribution in [0.1, 0.15) is 37.8 Å². The Morgan fingerprint density at radius 1 is 0.929 bits per heavy atom. The van der Waals surface area contributed by atoms with E-state index in [2.05, 4.69) is 48.3 Å². The minimum atomic E-state index is 0.0468. The first kappa shape index (κ1) is 21.8. The summed E-state index contributed by atoms with van der Waals surface area (Å²) in [6, 6.07) is 15.9. The van der Waals surface area contributed by atoms with E-state index in [1.807, 2.05) is 24.3 Å². The van der Waals surface area contributed by atoms with Gasteiger partial charge in [-0.3, -0.25) is 9.69 Å². The highest BCUT2D eigenvalue weighted by atomic mass is 16.5. The molecule has 1 N–H and O–H groups in total. The van der Waals surface area contributed by atoms with Crippen molar-refractivity contribution in [2.45, 2.75) is 39.8 Å². The molecule has 5 nitrogen and oxygen atoms in total. The maximum Gasteiger partial charge on any atom is 0.220 e. The quantitative estimate of drug-likeness (QED) is 0.562. The zero-order chi connectivity index (χ0) is 20.2. The third-order valence-electron chi connectivity index (χ3n) is 4.69. The van der Waals surface area contributed by atoms with Crippen LogP contribution in [0.15, 0.2) is 48.5 Å². The number of methoxy groups -OCH3 is 1. The molecule has 0 atom stereocenters. The number of benzene rings is 2. The van der Waals surface area contributed by atoms with Crippen molar-refractivity contribution in [2.24, 2.45) is 0 Å². The van der Waals surface area contributed by atoms with Gasteiger partial charge in [-0.2, -0.15) is 0 Å². The lowest BCUT2D eigenvalue weighted by Gasteiger charge is -2.18. The lowest BCUT2D eigenvalue weighted by Crippen LogP contribution is -2.23. The highest BCUT2D eigenvalue weighted by Crippen LogP contribution is 2.17. The fourth-order valence-electron chi connectivity index (χ4n) is 2.85. The molecule has 0 heterocycles.